The number of aryl methyl sites for hydroxylation is 1. The lowest BCUT2D eigenvalue weighted by molar-refractivity contribution is -0.135. The summed E-state index contributed by atoms with van der Waals surface area (Å²) in [6.07, 6.45) is 7.03. The molecule has 1 aromatic rings. The van der Waals surface area contributed by atoms with Gasteiger partial charge in [-0.25, -0.2) is 0 Å². The summed E-state index contributed by atoms with van der Waals surface area (Å²) in [5, 5.41) is 3.21. The molecule has 110 valence electrons. The van der Waals surface area contributed by atoms with E-state index in [4.69, 9.17) is 0 Å². The van der Waals surface area contributed by atoms with Crippen LogP contribution in [0, 0.1) is 5.92 Å². The van der Waals surface area contributed by atoms with Crippen LogP contribution in [0.3, 0.4) is 0 Å². The molecule has 1 aliphatic heterocycles. The zero-order valence-corrected chi connectivity index (χ0v) is 14.2. The maximum atomic E-state index is 12.9. The number of hydrogen-bond acceptors (Lipinski definition) is 2. The second-order valence-corrected chi connectivity index (χ2v) is 7.81. The molecule has 0 saturated carbocycles. The van der Waals surface area contributed by atoms with Crippen LogP contribution in [-0.4, -0.2) is 29.2 Å². The van der Waals surface area contributed by atoms with Gasteiger partial charge in [-0.15, -0.1) is 11.3 Å². The number of carbonyl (C=O) groups is 1. The molecule has 2 nitrogen and oxygen atoms in total. The summed E-state index contributed by atoms with van der Waals surface area (Å²) >= 11 is 5.36. The zero-order valence-electron chi connectivity index (χ0n) is 11.8. The number of amides is 1. The Morgan fingerprint density at radius 3 is 3.15 bits per heavy atom. The van der Waals surface area contributed by atoms with Gasteiger partial charge in [-0.2, -0.15) is 0 Å². The number of rotatable bonds is 3. The summed E-state index contributed by atoms with van der Waals surface area (Å²) in [4.78, 5) is 16.5. The lowest BCUT2D eigenvalue weighted by Crippen LogP contribution is -2.43. The minimum atomic E-state index is 0.146. The van der Waals surface area contributed by atoms with Crippen molar-refractivity contribution in [3.8, 4) is 0 Å². The number of hydrogen-bond donors (Lipinski definition) is 0. The molecule has 2 heterocycles. The summed E-state index contributed by atoms with van der Waals surface area (Å²) < 4.78 is 0. The second kappa shape index (κ2) is 6.61. The Morgan fingerprint density at radius 2 is 2.30 bits per heavy atom. The van der Waals surface area contributed by atoms with Gasteiger partial charge in [0.1, 0.15) is 0 Å². The normalized spacial score (nSPS) is 26.4. The molecule has 20 heavy (non-hydrogen) atoms. The van der Waals surface area contributed by atoms with E-state index in [9.17, 15) is 4.79 Å². The number of carbonyl (C=O) groups excluding carboxylic acids is 1. The fraction of sp³-hybridized carbons (Fsp3) is 0.688. The highest BCUT2D eigenvalue weighted by Crippen LogP contribution is 2.37. The lowest BCUT2D eigenvalue weighted by atomic mass is 9.85. The Hall–Kier alpha value is -0.350. The van der Waals surface area contributed by atoms with Crippen molar-refractivity contribution in [1.82, 2.24) is 4.90 Å². The van der Waals surface area contributed by atoms with Crippen molar-refractivity contribution >= 4 is 33.2 Å². The summed E-state index contributed by atoms with van der Waals surface area (Å²) in [5.41, 5.74) is 1.33. The molecule has 1 aliphatic carbocycles. The van der Waals surface area contributed by atoms with Gasteiger partial charge in [0.05, 0.1) is 5.92 Å². The van der Waals surface area contributed by atoms with Crippen molar-refractivity contribution in [1.29, 1.82) is 0 Å². The topological polar surface area (TPSA) is 20.3 Å². The molecule has 1 aromatic heterocycles. The van der Waals surface area contributed by atoms with Crippen LogP contribution in [0.25, 0.3) is 0 Å². The minimum absolute atomic E-state index is 0.146. The van der Waals surface area contributed by atoms with Crippen LogP contribution in [0.2, 0.25) is 0 Å². The summed E-state index contributed by atoms with van der Waals surface area (Å²) in [6, 6.07) is 2.18. The van der Waals surface area contributed by atoms with Crippen molar-refractivity contribution in [2.24, 2.45) is 5.92 Å². The van der Waals surface area contributed by atoms with Gasteiger partial charge in [0.15, 0.2) is 0 Å². The molecule has 0 aromatic carbocycles. The lowest BCUT2D eigenvalue weighted by Gasteiger charge is -2.36. The molecule has 2 unspecified atom stereocenters. The summed E-state index contributed by atoms with van der Waals surface area (Å²) in [6.45, 7) is 1.94. The molecule has 2 atom stereocenters. The molecule has 2 aliphatic rings. The van der Waals surface area contributed by atoms with Crippen LogP contribution < -0.4 is 0 Å². The highest BCUT2D eigenvalue weighted by atomic mass is 79.9. The standard InChI is InChI=1S/C16H22BrNOS/c17-8-6-12-3-2-9-18(11-12)16(19)14-4-1-5-15-13(14)7-10-20-15/h7,10,12,14H,1-6,8-9,11H2. The number of fused-ring (bicyclic) bond motifs is 1. The first-order chi connectivity index (χ1) is 9.79. The predicted octanol–water partition coefficient (Wildman–Crippen LogP) is 4.19. The molecule has 1 amide bonds. The Kier molecular flexibility index (Phi) is 4.82. The van der Waals surface area contributed by atoms with E-state index in [0.717, 1.165) is 24.8 Å². The van der Waals surface area contributed by atoms with Crippen molar-refractivity contribution in [3.63, 3.8) is 0 Å². The smallest absolute Gasteiger partial charge is 0.230 e. The summed E-state index contributed by atoms with van der Waals surface area (Å²) in [5.74, 6) is 1.23. The average Bonchev–Trinajstić information content (AvgIpc) is 2.95. The first kappa shape index (κ1) is 14.6. The number of thiophene rings is 1. The molecule has 0 radical (unpaired) electrons. The number of nitrogens with zero attached hydrogens (tertiary/aromatic N) is 1. The van der Waals surface area contributed by atoms with Crippen LogP contribution in [0.4, 0.5) is 0 Å². The van der Waals surface area contributed by atoms with Crippen LogP contribution in [-0.2, 0) is 11.2 Å². The van der Waals surface area contributed by atoms with E-state index in [1.165, 1.54) is 42.5 Å². The van der Waals surface area contributed by atoms with Gasteiger partial charge in [-0.3, -0.25) is 4.79 Å². The third-order valence-electron chi connectivity index (χ3n) is 4.70. The predicted molar refractivity (Wildman–Crippen MR) is 87.7 cm³/mol. The Labute approximate surface area is 133 Å². The van der Waals surface area contributed by atoms with Crippen LogP contribution in [0.1, 0.15) is 48.5 Å². The molecule has 0 spiro atoms. The molecule has 4 heteroatoms. The second-order valence-electron chi connectivity index (χ2n) is 6.01. The van der Waals surface area contributed by atoms with Gasteiger partial charge < -0.3 is 4.90 Å². The molecule has 1 fully saturated rings. The number of alkyl halides is 1. The number of halogens is 1. The fourth-order valence-electron chi connectivity index (χ4n) is 3.62. The van der Waals surface area contributed by atoms with Gasteiger partial charge in [-0.1, -0.05) is 15.9 Å². The first-order valence-corrected chi connectivity index (χ1v) is 9.70. The highest BCUT2D eigenvalue weighted by molar-refractivity contribution is 9.09. The van der Waals surface area contributed by atoms with Crippen LogP contribution in [0.15, 0.2) is 11.4 Å². The average molecular weight is 356 g/mol. The Balaban J connectivity index is 1.70. The SMILES string of the molecule is O=C(C1CCCc2sccc21)N1CCCC(CCBr)C1. The maximum Gasteiger partial charge on any atom is 0.230 e. The van der Waals surface area contributed by atoms with E-state index in [0.29, 0.717) is 11.8 Å². The van der Waals surface area contributed by atoms with Gasteiger partial charge in [0.25, 0.3) is 0 Å². The third kappa shape index (κ3) is 2.96. The number of piperidine rings is 1. The van der Waals surface area contributed by atoms with Crippen molar-refractivity contribution < 1.29 is 4.79 Å². The quantitative estimate of drug-likeness (QED) is 0.744. The molecule has 0 bridgehead atoms. The fourth-order valence-corrected chi connectivity index (χ4v) is 5.25. The van der Waals surface area contributed by atoms with Crippen LogP contribution in [0.5, 0.6) is 0 Å². The van der Waals surface area contributed by atoms with Gasteiger partial charge in [-0.05, 0) is 61.5 Å². The Morgan fingerprint density at radius 1 is 1.40 bits per heavy atom. The monoisotopic (exact) mass is 355 g/mol. The van der Waals surface area contributed by atoms with Crippen molar-refractivity contribution in [2.75, 3.05) is 18.4 Å². The molecular formula is C16H22BrNOS. The van der Waals surface area contributed by atoms with Gasteiger partial charge in [0, 0.05) is 23.3 Å². The van der Waals surface area contributed by atoms with E-state index in [2.05, 4.69) is 32.3 Å². The first-order valence-electron chi connectivity index (χ1n) is 7.70. The molecule has 1 saturated heterocycles. The van der Waals surface area contributed by atoms with Gasteiger partial charge in [0.2, 0.25) is 5.91 Å². The largest absolute Gasteiger partial charge is 0.342 e. The molecular weight excluding hydrogens is 334 g/mol. The summed E-state index contributed by atoms with van der Waals surface area (Å²) in [7, 11) is 0. The maximum absolute atomic E-state index is 12.9. The van der Waals surface area contributed by atoms with Crippen molar-refractivity contribution in [2.45, 2.75) is 44.4 Å². The van der Waals surface area contributed by atoms with E-state index in [1.54, 1.807) is 0 Å². The van der Waals surface area contributed by atoms with Crippen LogP contribution >= 0.6 is 27.3 Å². The third-order valence-corrected chi connectivity index (χ3v) is 6.15. The van der Waals surface area contributed by atoms with Crippen molar-refractivity contribution in [3.05, 3.63) is 21.9 Å². The van der Waals surface area contributed by atoms with E-state index in [-0.39, 0.29) is 5.92 Å². The minimum Gasteiger partial charge on any atom is -0.342 e. The van der Waals surface area contributed by atoms with Gasteiger partial charge >= 0.3 is 0 Å². The molecule has 3 rings (SSSR count). The Bertz CT molecular complexity index is 471. The zero-order chi connectivity index (χ0) is 13.9. The highest BCUT2D eigenvalue weighted by Gasteiger charge is 2.32. The van der Waals surface area contributed by atoms with E-state index in [1.807, 2.05) is 11.3 Å². The molecule has 0 N–H and O–H groups in total. The number of likely N-dealkylation sites (tertiary alicyclic amines) is 1. The van der Waals surface area contributed by atoms with E-state index >= 15 is 0 Å². The van der Waals surface area contributed by atoms with E-state index < -0.39 is 0 Å².